The number of nitrogens with one attached hydrogen (secondary N) is 1. The van der Waals surface area contributed by atoms with Gasteiger partial charge in [0.25, 0.3) is 0 Å². The van der Waals surface area contributed by atoms with Crippen molar-refractivity contribution in [3.8, 4) is 0 Å². The molecule has 0 saturated carbocycles. The van der Waals surface area contributed by atoms with Gasteiger partial charge in [0.1, 0.15) is 0 Å². The fraction of sp³-hybridized carbons (Fsp3) is 0.250. The Morgan fingerprint density at radius 1 is 1.35 bits per heavy atom. The van der Waals surface area contributed by atoms with Crippen molar-refractivity contribution in [1.29, 1.82) is 0 Å². The zero-order valence-electron chi connectivity index (χ0n) is 8.08. The summed E-state index contributed by atoms with van der Waals surface area (Å²) < 4.78 is 37.7. The molecule has 0 bridgehead atoms. The van der Waals surface area contributed by atoms with Gasteiger partial charge in [0.2, 0.25) is 10.1 Å². The molecule has 1 N–H and O–H groups in total. The summed E-state index contributed by atoms with van der Waals surface area (Å²) in [7, 11) is 0. The first-order chi connectivity index (χ1) is 7.95. The molecule has 0 amide bonds. The summed E-state index contributed by atoms with van der Waals surface area (Å²) in [5, 5.41) is 10.4. The highest BCUT2D eigenvalue weighted by Crippen LogP contribution is 2.33. The molecule has 3 nitrogen and oxygen atoms in total. The summed E-state index contributed by atoms with van der Waals surface area (Å²) in [6.07, 6.45) is -4.43. The monoisotopic (exact) mass is 343 g/mol. The summed E-state index contributed by atoms with van der Waals surface area (Å²) >= 11 is 5.30. The van der Waals surface area contributed by atoms with Crippen molar-refractivity contribution < 1.29 is 13.2 Å². The lowest BCUT2D eigenvalue weighted by atomic mass is 10.5. The Bertz CT molecular complexity index is 508. The van der Waals surface area contributed by atoms with Crippen molar-refractivity contribution in [3.05, 3.63) is 25.8 Å². The lowest BCUT2D eigenvalue weighted by molar-refractivity contribution is -0.138. The van der Waals surface area contributed by atoms with E-state index < -0.39 is 11.2 Å². The maximum absolute atomic E-state index is 12.2. The van der Waals surface area contributed by atoms with Crippen LogP contribution < -0.4 is 5.32 Å². The fourth-order valence-electron chi connectivity index (χ4n) is 1.02. The first-order valence-electron chi connectivity index (χ1n) is 4.32. The fourth-order valence-corrected chi connectivity index (χ4v) is 3.02. The van der Waals surface area contributed by atoms with Gasteiger partial charge in [-0.25, -0.2) is 0 Å². The van der Waals surface area contributed by atoms with Gasteiger partial charge in [-0.1, -0.05) is 11.3 Å². The van der Waals surface area contributed by atoms with Gasteiger partial charge in [-0.2, -0.15) is 13.2 Å². The normalized spacial score (nSPS) is 11.8. The second kappa shape index (κ2) is 4.91. The Morgan fingerprint density at radius 3 is 2.65 bits per heavy atom. The summed E-state index contributed by atoms with van der Waals surface area (Å²) in [5.74, 6) is 0. The molecular weight excluding hydrogens is 339 g/mol. The third kappa shape index (κ3) is 3.39. The number of hydrogen-bond acceptors (Lipinski definition) is 5. The van der Waals surface area contributed by atoms with E-state index in [4.69, 9.17) is 0 Å². The smallest absolute Gasteiger partial charge is 0.355 e. The SMILES string of the molecule is FC(F)(F)c1nnc(NCc2cc(Br)cs2)s1. The van der Waals surface area contributed by atoms with Gasteiger partial charge in [0, 0.05) is 14.7 Å². The van der Waals surface area contributed by atoms with Crippen LogP contribution in [0.2, 0.25) is 0 Å². The predicted octanol–water partition coefficient (Wildman–Crippen LogP) is 3.99. The number of halogens is 4. The molecule has 0 radical (unpaired) electrons. The van der Waals surface area contributed by atoms with E-state index in [1.54, 1.807) is 0 Å². The molecule has 2 rings (SSSR count). The zero-order valence-corrected chi connectivity index (χ0v) is 11.3. The van der Waals surface area contributed by atoms with Gasteiger partial charge < -0.3 is 5.32 Å². The van der Waals surface area contributed by atoms with Crippen LogP contribution in [-0.4, -0.2) is 10.2 Å². The third-order valence-electron chi connectivity index (χ3n) is 1.70. The summed E-state index contributed by atoms with van der Waals surface area (Å²) in [5.41, 5.74) is 0. The number of alkyl halides is 3. The van der Waals surface area contributed by atoms with Crippen molar-refractivity contribution in [2.75, 3.05) is 5.32 Å². The molecular formula is C8H5BrF3N3S2. The van der Waals surface area contributed by atoms with Crippen molar-refractivity contribution >= 4 is 43.7 Å². The molecule has 0 atom stereocenters. The van der Waals surface area contributed by atoms with E-state index >= 15 is 0 Å². The van der Waals surface area contributed by atoms with Crippen molar-refractivity contribution in [3.63, 3.8) is 0 Å². The number of rotatable bonds is 3. The molecule has 2 aromatic rings. The summed E-state index contributed by atoms with van der Waals surface area (Å²) in [6, 6.07) is 1.89. The van der Waals surface area contributed by atoms with Crippen LogP contribution in [0.5, 0.6) is 0 Å². The molecule has 0 spiro atoms. The quantitative estimate of drug-likeness (QED) is 0.915. The average molecular weight is 344 g/mol. The van der Waals surface area contributed by atoms with Crippen LogP contribution in [0.15, 0.2) is 15.9 Å². The number of hydrogen-bond donors (Lipinski definition) is 1. The first kappa shape index (κ1) is 12.8. The second-order valence-corrected chi connectivity index (χ2v) is 5.88. The Hall–Kier alpha value is -0.670. The highest BCUT2D eigenvalue weighted by molar-refractivity contribution is 9.10. The minimum atomic E-state index is -4.43. The van der Waals surface area contributed by atoms with Gasteiger partial charge in [-0.05, 0) is 22.0 Å². The molecule has 0 unspecified atom stereocenters. The Labute approximate surface area is 111 Å². The van der Waals surface area contributed by atoms with Gasteiger partial charge in [-0.15, -0.1) is 21.5 Å². The third-order valence-corrected chi connectivity index (χ3v) is 4.33. The maximum Gasteiger partial charge on any atom is 0.445 e. The molecule has 9 heteroatoms. The van der Waals surface area contributed by atoms with E-state index in [1.807, 2.05) is 11.4 Å². The molecule has 2 aromatic heterocycles. The molecule has 0 aromatic carbocycles. The number of anilines is 1. The van der Waals surface area contributed by atoms with Crippen molar-refractivity contribution in [1.82, 2.24) is 10.2 Å². The topological polar surface area (TPSA) is 37.8 Å². The maximum atomic E-state index is 12.2. The van der Waals surface area contributed by atoms with E-state index in [1.165, 1.54) is 11.3 Å². The van der Waals surface area contributed by atoms with E-state index in [0.29, 0.717) is 17.9 Å². The average Bonchev–Trinajstić information content (AvgIpc) is 2.82. The second-order valence-electron chi connectivity index (χ2n) is 2.99. The minimum absolute atomic E-state index is 0.168. The molecule has 0 saturated heterocycles. The van der Waals surface area contributed by atoms with Crippen molar-refractivity contribution in [2.45, 2.75) is 12.7 Å². The van der Waals surface area contributed by atoms with Crippen LogP contribution in [0.3, 0.4) is 0 Å². The van der Waals surface area contributed by atoms with Gasteiger partial charge in [0.05, 0.1) is 6.54 Å². The molecule has 0 aliphatic heterocycles. The Balaban J connectivity index is 1.98. The Kier molecular flexibility index (Phi) is 3.69. The molecule has 0 fully saturated rings. The van der Waals surface area contributed by atoms with E-state index in [2.05, 4.69) is 31.4 Å². The molecule has 92 valence electrons. The molecule has 17 heavy (non-hydrogen) atoms. The number of nitrogens with zero attached hydrogens (tertiary/aromatic N) is 2. The number of thiophene rings is 1. The first-order valence-corrected chi connectivity index (χ1v) is 6.81. The summed E-state index contributed by atoms with van der Waals surface area (Å²) in [6.45, 7) is 0.433. The molecule has 0 aliphatic carbocycles. The molecule has 2 heterocycles. The predicted molar refractivity (Wildman–Crippen MR) is 64.3 cm³/mol. The lowest BCUT2D eigenvalue weighted by Crippen LogP contribution is -2.03. The van der Waals surface area contributed by atoms with E-state index in [9.17, 15) is 13.2 Å². The Morgan fingerprint density at radius 2 is 2.12 bits per heavy atom. The minimum Gasteiger partial charge on any atom is -0.355 e. The zero-order chi connectivity index (χ0) is 12.5. The van der Waals surface area contributed by atoms with Gasteiger partial charge in [-0.3, -0.25) is 0 Å². The largest absolute Gasteiger partial charge is 0.445 e. The van der Waals surface area contributed by atoms with E-state index in [-0.39, 0.29) is 5.13 Å². The highest BCUT2D eigenvalue weighted by Gasteiger charge is 2.35. The summed E-state index contributed by atoms with van der Waals surface area (Å²) in [4.78, 5) is 1.00. The standard InChI is InChI=1S/C8H5BrF3N3S2/c9-4-1-5(16-3-4)2-13-7-15-14-6(17-7)8(10,11)12/h1,3H,2H2,(H,13,15). The molecule has 0 aliphatic rings. The van der Waals surface area contributed by atoms with Crippen LogP contribution in [0.4, 0.5) is 18.3 Å². The highest BCUT2D eigenvalue weighted by atomic mass is 79.9. The van der Waals surface area contributed by atoms with Crippen LogP contribution in [-0.2, 0) is 12.7 Å². The van der Waals surface area contributed by atoms with Crippen LogP contribution in [0.1, 0.15) is 9.88 Å². The van der Waals surface area contributed by atoms with Crippen molar-refractivity contribution in [2.24, 2.45) is 0 Å². The van der Waals surface area contributed by atoms with Gasteiger partial charge in [0.15, 0.2) is 0 Å². The lowest BCUT2D eigenvalue weighted by Gasteiger charge is -1.99. The van der Waals surface area contributed by atoms with E-state index in [0.717, 1.165) is 9.35 Å². The van der Waals surface area contributed by atoms with Crippen LogP contribution >= 0.6 is 38.6 Å². The number of aromatic nitrogens is 2. The van der Waals surface area contributed by atoms with Gasteiger partial charge >= 0.3 is 6.18 Å². The van der Waals surface area contributed by atoms with Crippen LogP contribution in [0, 0.1) is 0 Å². The van der Waals surface area contributed by atoms with Crippen LogP contribution in [0.25, 0.3) is 0 Å².